The van der Waals surface area contributed by atoms with E-state index in [2.05, 4.69) is 10.9 Å². The fourth-order valence-corrected chi connectivity index (χ4v) is 2.52. The number of carbonyl (C=O) groups excluding carboxylic acids is 2. The molecule has 1 atom stereocenters. The van der Waals surface area contributed by atoms with Crippen LogP contribution in [0.2, 0.25) is 0 Å². The third-order valence-corrected chi connectivity index (χ3v) is 4.08. The van der Waals surface area contributed by atoms with E-state index in [0.29, 0.717) is 12.0 Å². The average Bonchev–Trinajstić information content (AvgIpc) is 2.66. The lowest BCUT2D eigenvalue weighted by Gasteiger charge is -2.30. The second-order valence-electron chi connectivity index (χ2n) is 6.24. The first-order valence-electron chi connectivity index (χ1n) is 8.26. The Balaban J connectivity index is 2.01. The molecule has 0 saturated heterocycles. The summed E-state index contributed by atoms with van der Waals surface area (Å²) in [5.74, 6) is -0.562. The van der Waals surface area contributed by atoms with E-state index in [1.54, 1.807) is 24.3 Å². The molecule has 0 spiro atoms. The van der Waals surface area contributed by atoms with Crippen LogP contribution in [-0.4, -0.2) is 24.5 Å². The first-order chi connectivity index (χ1) is 12.0. The molecule has 1 unspecified atom stereocenters. The SMILES string of the molecule is COC(=O)CC(C)(CCc1ccccc1)NNC(=O)c1ccccc1. The summed E-state index contributed by atoms with van der Waals surface area (Å²) in [6.07, 6.45) is 1.61. The highest BCUT2D eigenvalue weighted by Crippen LogP contribution is 2.18. The van der Waals surface area contributed by atoms with Crippen LogP contribution in [0, 0.1) is 0 Å². The smallest absolute Gasteiger partial charge is 0.307 e. The van der Waals surface area contributed by atoms with E-state index in [1.165, 1.54) is 12.7 Å². The van der Waals surface area contributed by atoms with Gasteiger partial charge in [0.15, 0.2) is 0 Å². The molecule has 5 nitrogen and oxygen atoms in total. The van der Waals surface area contributed by atoms with Crippen LogP contribution in [0.1, 0.15) is 35.7 Å². The van der Waals surface area contributed by atoms with E-state index in [1.807, 2.05) is 43.3 Å². The summed E-state index contributed by atoms with van der Waals surface area (Å²) in [6, 6.07) is 18.9. The first kappa shape index (κ1) is 18.7. The van der Waals surface area contributed by atoms with E-state index >= 15 is 0 Å². The normalized spacial score (nSPS) is 12.9. The zero-order valence-electron chi connectivity index (χ0n) is 14.6. The molecular weight excluding hydrogens is 316 g/mol. The Bertz CT molecular complexity index is 689. The van der Waals surface area contributed by atoms with Gasteiger partial charge in [-0.1, -0.05) is 48.5 Å². The molecule has 2 rings (SSSR count). The van der Waals surface area contributed by atoms with Crippen LogP contribution in [0.3, 0.4) is 0 Å². The molecule has 0 heterocycles. The van der Waals surface area contributed by atoms with Crippen LogP contribution in [-0.2, 0) is 16.0 Å². The molecular formula is C20H24N2O3. The summed E-state index contributed by atoms with van der Waals surface area (Å²) < 4.78 is 4.80. The van der Waals surface area contributed by atoms with Crippen LogP contribution in [0.25, 0.3) is 0 Å². The summed E-state index contributed by atoms with van der Waals surface area (Å²) in [6.45, 7) is 1.90. The van der Waals surface area contributed by atoms with Crippen molar-refractivity contribution in [2.24, 2.45) is 0 Å². The third-order valence-electron chi connectivity index (χ3n) is 4.08. The molecule has 25 heavy (non-hydrogen) atoms. The van der Waals surface area contributed by atoms with Gasteiger partial charge in [-0.05, 0) is 37.5 Å². The molecule has 0 radical (unpaired) electrons. The molecule has 0 fully saturated rings. The fraction of sp³-hybridized carbons (Fsp3) is 0.300. The van der Waals surface area contributed by atoms with E-state index in [9.17, 15) is 9.59 Å². The minimum Gasteiger partial charge on any atom is -0.469 e. The Hall–Kier alpha value is -2.66. The predicted molar refractivity (Wildman–Crippen MR) is 96.8 cm³/mol. The first-order valence-corrected chi connectivity index (χ1v) is 8.26. The van der Waals surface area contributed by atoms with Crippen LogP contribution >= 0.6 is 0 Å². The number of hydrogen-bond donors (Lipinski definition) is 2. The van der Waals surface area contributed by atoms with Crippen LogP contribution in [0.5, 0.6) is 0 Å². The van der Waals surface area contributed by atoms with Crippen molar-refractivity contribution in [3.8, 4) is 0 Å². The summed E-state index contributed by atoms with van der Waals surface area (Å²) in [7, 11) is 1.36. The van der Waals surface area contributed by atoms with Gasteiger partial charge in [-0.3, -0.25) is 15.0 Å². The monoisotopic (exact) mass is 340 g/mol. The minimum atomic E-state index is -0.618. The molecule has 2 aromatic rings. The van der Waals surface area contributed by atoms with Gasteiger partial charge in [0.25, 0.3) is 5.91 Å². The minimum absolute atomic E-state index is 0.158. The van der Waals surface area contributed by atoms with E-state index in [-0.39, 0.29) is 18.3 Å². The number of amides is 1. The van der Waals surface area contributed by atoms with Gasteiger partial charge < -0.3 is 4.74 Å². The third kappa shape index (κ3) is 6.04. The Kier molecular flexibility index (Phi) is 6.71. The number of carbonyl (C=O) groups is 2. The van der Waals surface area contributed by atoms with Gasteiger partial charge in [0, 0.05) is 11.1 Å². The number of esters is 1. The van der Waals surface area contributed by atoms with E-state index in [0.717, 1.165) is 6.42 Å². The molecule has 0 bridgehead atoms. The number of rotatable bonds is 8. The largest absolute Gasteiger partial charge is 0.469 e. The number of aryl methyl sites for hydroxylation is 1. The summed E-state index contributed by atoms with van der Waals surface area (Å²) in [5.41, 5.74) is 6.85. The Morgan fingerprint density at radius 2 is 1.60 bits per heavy atom. The van der Waals surface area contributed by atoms with Gasteiger partial charge in [0.05, 0.1) is 13.5 Å². The highest BCUT2D eigenvalue weighted by atomic mass is 16.5. The lowest BCUT2D eigenvalue weighted by molar-refractivity contribution is -0.142. The summed E-state index contributed by atoms with van der Waals surface area (Å²) in [4.78, 5) is 24.0. The molecule has 2 aromatic carbocycles. The van der Waals surface area contributed by atoms with Crippen molar-refractivity contribution in [2.75, 3.05) is 7.11 Å². The van der Waals surface area contributed by atoms with Crippen molar-refractivity contribution in [1.29, 1.82) is 0 Å². The quantitative estimate of drug-likeness (QED) is 0.573. The molecule has 0 aliphatic rings. The van der Waals surface area contributed by atoms with Crippen LogP contribution < -0.4 is 10.9 Å². The Morgan fingerprint density at radius 1 is 1.00 bits per heavy atom. The van der Waals surface area contributed by atoms with E-state index < -0.39 is 5.54 Å². The van der Waals surface area contributed by atoms with Crippen LogP contribution in [0.15, 0.2) is 60.7 Å². The average molecular weight is 340 g/mol. The van der Waals surface area contributed by atoms with Crippen molar-refractivity contribution < 1.29 is 14.3 Å². The van der Waals surface area contributed by atoms with Gasteiger partial charge in [0.1, 0.15) is 0 Å². The molecule has 2 N–H and O–H groups in total. The van der Waals surface area contributed by atoms with E-state index in [4.69, 9.17) is 4.74 Å². The lowest BCUT2D eigenvalue weighted by atomic mass is 9.90. The van der Waals surface area contributed by atoms with Gasteiger partial charge in [-0.2, -0.15) is 0 Å². The van der Waals surface area contributed by atoms with Crippen molar-refractivity contribution >= 4 is 11.9 Å². The molecule has 0 aromatic heterocycles. The number of ether oxygens (including phenoxy) is 1. The van der Waals surface area contributed by atoms with Gasteiger partial charge in [0.2, 0.25) is 0 Å². The van der Waals surface area contributed by atoms with Crippen LogP contribution in [0.4, 0.5) is 0 Å². The molecule has 132 valence electrons. The molecule has 0 aliphatic carbocycles. The number of hydrazine groups is 1. The van der Waals surface area contributed by atoms with Crippen molar-refractivity contribution in [3.63, 3.8) is 0 Å². The number of methoxy groups -OCH3 is 1. The highest BCUT2D eigenvalue weighted by molar-refractivity contribution is 5.93. The second kappa shape index (κ2) is 8.99. The maximum atomic E-state index is 12.2. The Morgan fingerprint density at radius 3 is 2.20 bits per heavy atom. The topological polar surface area (TPSA) is 67.4 Å². The molecule has 5 heteroatoms. The summed E-state index contributed by atoms with van der Waals surface area (Å²) in [5, 5.41) is 0. The maximum Gasteiger partial charge on any atom is 0.307 e. The number of nitrogens with one attached hydrogen (secondary N) is 2. The maximum absolute atomic E-state index is 12.2. The zero-order valence-corrected chi connectivity index (χ0v) is 14.6. The lowest BCUT2D eigenvalue weighted by Crippen LogP contribution is -2.53. The van der Waals surface area contributed by atoms with Crippen molar-refractivity contribution in [1.82, 2.24) is 10.9 Å². The highest BCUT2D eigenvalue weighted by Gasteiger charge is 2.28. The predicted octanol–water partition coefficient (Wildman–Crippen LogP) is 2.88. The van der Waals surface area contributed by atoms with Gasteiger partial charge in [-0.15, -0.1) is 0 Å². The molecule has 0 saturated carbocycles. The molecule has 1 amide bonds. The van der Waals surface area contributed by atoms with Gasteiger partial charge in [-0.25, -0.2) is 5.43 Å². The van der Waals surface area contributed by atoms with Crippen molar-refractivity contribution in [2.45, 2.75) is 31.7 Å². The number of hydrogen-bond acceptors (Lipinski definition) is 4. The fourth-order valence-electron chi connectivity index (χ4n) is 2.52. The van der Waals surface area contributed by atoms with Gasteiger partial charge >= 0.3 is 5.97 Å². The standard InChI is InChI=1S/C20H24N2O3/c1-20(15-18(23)25-2,14-13-16-9-5-3-6-10-16)22-21-19(24)17-11-7-4-8-12-17/h3-12,22H,13-15H2,1-2H3,(H,21,24). The zero-order chi connectivity index (χ0) is 18.1. The second-order valence-corrected chi connectivity index (χ2v) is 6.24. The molecule has 0 aliphatic heterocycles. The Labute approximate surface area is 148 Å². The number of benzene rings is 2. The summed E-state index contributed by atoms with van der Waals surface area (Å²) >= 11 is 0. The van der Waals surface area contributed by atoms with Crippen molar-refractivity contribution in [3.05, 3.63) is 71.8 Å².